The standard InChI is InChI=1S/C13H14BrClN2O/c14-10-7-9(3-4-11(10)15)17-6-5-12(13(17)18)16-8-1-2-8/h3-4,7-8,12,16H,1-2,5-6H2. The number of amides is 1. The van der Waals surface area contributed by atoms with Crippen LogP contribution in [0.25, 0.3) is 0 Å². The quantitative estimate of drug-likeness (QED) is 0.924. The minimum Gasteiger partial charge on any atom is -0.311 e. The number of hydrogen-bond donors (Lipinski definition) is 1. The molecule has 1 saturated heterocycles. The number of carbonyl (C=O) groups excluding carboxylic acids is 1. The third kappa shape index (κ3) is 2.42. The molecular formula is C13H14BrClN2O. The molecule has 3 nitrogen and oxygen atoms in total. The fraction of sp³-hybridized carbons (Fsp3) is 0.462. The molecule has 18 heavy (non-hydrogen) atoms. The SMILES string of the molecule is O=C1C(NC2CC2)CCN1c1ccc(Cl)c(Br)c1. The van der Waals surface area contributed by atoms with E-state index in [2.05, 4.69) is 21.2 Å². The average Bonchev–Trinajstić information content (AvgIpc) is 3.09. The molecule has 1 heterocycles. The first kappa shape index (κ1) is 12.5. The van der Waals surface area contributed by atoms with Crippen LogP contribution in [-0.4, -0.2) is 24.5 Å². The van der Waals surface area contributed by atoms with Gasteiger partial charge in [-0.25, -0.2) is 0 Å². The van der Waals surface area contributed by atoms with E-state index in [4.69, 9.17) is 11.6 Å². The lowest BCUT2D eigenvalue weighted by molar-refractivity contribution is -0.118. The van der Waals surface area contributed by atoms with Crippen LogP contribution in [0.15, 0.2) is 22.7 Å². The summed E-state index contributed by atoms with van der Waals surface area (Å²) in [4.78, 5) is 14.1. The lowest BCUT2D eigenvalue weighted by Crippen LogP contribution is -2.39. The van der Waals surface area contributed by atoms with Crippen molar-refractivity contribution < 1.29 is 4.79 Å². The molecule has 0 bridgehead atoms. The van der Waals surface area contributed by atoms with E-state index in [1.165, 1.54) is 12.8 Å². The molecule has 1 saturated carbocycles. The van der Waals surface area contributed by atoms with Crippen LogP contribution in [0.1, 0.15) is 19.3 Å². The molecule has 0 spiro atoms. The van der Waals surface area contributed by atoms with Crippen molar-refractivity contribution in [3.63, 3.8) is 0 Å². The molecule has 1 amide bonds. The van der Waals surface area contributed by atoms with Gasteiger partial charge in [-0.1, -0.05) is 11.6 Å². The summed E-state index contributed by atoms with van der Waals surface area (Å²) in [5, 5.41) is 4.06. The second-order valence-corrected chi connectivity index (χ2v) is 6.13. The average molecular weight is 330 g/mol. The van der Waals surface area contributed by atoms with Crippen molar-refractivity contribution in [2.75, 3.05) is 11.4 Å². The van der Waals surface area contributed by atoms with E-state index in [0.717, 1.165) is 23.1 Å². The van der Waals surface area contributed by atoms with Gasteiger partial charge in [-0.2, -0.15) is 0 Å². The van der Waals surface area contributed by atoms with Crippen LogP contribution in [0, 0.1) is 0 Å². The van der Waals surface area contributed by atoms with Gasteiger partial charge < -0.3 is 10.2 Å². The molecule has 2 aliphatic rings. The Bertz CT molecular complexity index is 490. The molecule has 1 unspecified atom stereocenters. The summed E-state index contributed by atoms with van der Waals surface area (Å²) in [7, 11) is 0. The van der Waals surface area contributed by atoms with E-state index in [1.54, 1.807) is 0 Å². The summed E-state index contributed by atoms with van der Waals surface area (Å²) in [6.45, 7) is 0.775. The monoisotopic (exact) mass is 328 g/mol. The molecule has 2 fully saturated rings. The number of rotatable bonds is 3. The van der Waals surface area contributed by atoms with Crippen molar-refractivity contribution >= 4 is 39.1 Å². The number of carbonyl (C=O) groups is 1. The number of benzene rings is 1. The zero-order chi connectivity index (χ0) is 12.7. The van der Waals surface area contributed by atoms with Crippen molar-refractivity contribution in [1.82, 2.24) is 5.32 Å². The summed E-state index contributed by atoms with van der Waals surface area (Å²) >= 11 is 9.36. The minimum absolute atomic E-state index is 0.00745. The molecule has 1 atom stereocenters. The van der Waals surface area contributed by atoms with Gasteiger partial charge in [0.25, 0.3) is 0 Å². The minimum atomic E-state index is -0.00745. The summed E-state index contributed by atoms with van der Waals surface area (Å²) in [6.07, 6.45) is 3.29. The van der Waals surface area contributed by atoms with Crippen LogP contribution in [0.4, 0.5) is 5.69 Å². The molecule has 1 aromatic carbocycles. The smallest absolute Gasteiger partial charge is 0.244 e. The maximum Gasteiger partial charge on any atom is 0.244 e. The molecule has 1 aromatic rings. The Balaban J connectivity index is 1.76. The summed E-state index contributed by atoms with van der Waals surface area (Å²) in [6, 6.07) is 6.17. The van der Waals surface area contributed by atoms with Gasteiger partial charge in [-0.3, -0.25) is 4.79 Å². The van der Waals surface area contributed by atoms with Gasteiger partial charge in [0.1, 0.15) is 0 Å². The Hall–Kier alpha value is -0.580. The fourth-order valence-electron chi connectivity index (χ4n) is 2.28. The van der Waals surface area contributed by atoms with Gasteiger partial charge in [0, 0.05) is 22.7 Å². The fourth-order valence-corrected chi connectivity index (χ4v) is 2.76. The molecule has 0 radical (unpaired) electrons. The second kappa shape index (κ2) is 4.83. The highest BCUT2D eigenvalue weighted by atomic mass is 79.9. The summed E-state index contributed by atoms with van der Waals surface area (Å²) < 4.78 is 0.827. The van der Waals surface area contributed by atoms with Crippen LogP contribution >= 0.6 is 27.5 Å². The van der Waals surface area contributed by atoms with E-state index in [-0.39, 0.29) is 11.9 Å². The molecule has 1 aliphatic heterocycles. The molecule has 3 rings (SSSR count). The second-order valence-electron chi connectivity index (χ2n) is 4.87. The summed E-state index contributed by atoms with van der Waals surface area (Å²) in [5.74, 6) is 0.177. The Morgan fingerprint density at radius 1 is 1.33 bits per heavy atom. The Morgan fingerprint density at radius 2 is 2.11 bits per heavy atom. The highest BCUT2D eigenvalue weighted by molar-refractivity contribution is 9.10. The summed E-state index contributed by atoms with van der Waals surface area (Å²) in [5.41, 5.74) is 0.913. The molecule has 0 aromatic heterocycles. The zero-order valence-corrected chi connectivity index (χ0v) is 12.2. The Labute approximate surface area is 120 Å². The van der Waals surface area contributed by atoms with Gasteiger partial charge in [0.15, 0.2) is 0 Å². The number of nitrogens with one attached hydrogen (secondary N) is 1. The van der Waals surface area contributed by atoms with Crippen LogP contribution in [-0.2, 0) is 4.79 Å². The van der Waals surface area contributed by atoms with Crippen molar-refractivity contribution in [2.24, 2.45) is 0 Å². The van der Waals surface area contributed by atoms with Crippen LogP contribution < -0.4 is 10.2 Å². The molecule has 1 aliphatic carbocycles. The number of halogens is 2. The maximum absolute atomic E-state index is 12.3. The van der Waals surface area contributed by atoms with Crippen LogP contribution in [0.2, 0.25) is 5.02 Å². The van der Waals surface area contributed by atoms with E-state index in [0.29, 0.717) is 11.1 Å². The first-order valence-corrected chi connectivity index (χ1v) is 7.35. The predicted molar refractivity (Wildman–Crippen MR) is 76.1 cm³/mol. The molecule has 96 valence electrons. The maximum atomic E-state index is 12.3. The third-order valence-electron chi connectivity index (χ3n) is 3.43. The molecule has 1 N–H and O–H groups in total. The van der Waals surface area contributed by atoms with Gasteiger partial charge in [0.05, 0.1) is 11.1 Å². The lowest BCUT2D eigenvalue weighted by Gasteiger charge is -2.17. The zero-order valence-electron chi connectivity index (χ0n) is 9.83. The van der Waals surface area contributed by atoms with Gasteiger partial charge in [0.2, 0.25) is 5.91 Å². The highest BCUT2D eigenvalue weighted by Crippen LogP contribution is 2.30. The van der Waals surface area contributed by atoms with Gasteiger partial charge in [-0.15, -0.1) is 0 Å². The van der Waals surface area contributed by atoms with Crippen molar-refractivity contribution in [3.8, 4) is 0 Å². The lowest BCUT2D eigenvalue weighted by atomic mass is 10.2. The number of anilines is 1. The van der Waals surface area contributed by atoms with Crippen molar-refractivity contribution in [1.29, 1.82) is 0 Å². The van der Waals surface area contributed by atoms with E-state index in [9.17, 15) is 4.79 Å². The normalized spacial score (nSPS) is 23.8. The van der Waals surface area contributed by atoms with Gasteiger partial charge in [-0.05, 0) is 53.4 Å². The van der Waals surface area contributed by atoms with Gasteiger partial charge >= 0.3 is 0 Å². The van der Waals surface area contributed by atoms with E-state index in [1.807, 2.05) is 23.1 Å². The van der Waals surface area contributed by atoms with Crippen LogP contribution in [0.5, 0.6) is 0 Å². The molecular weight excluding hydrogens is 316 g/mol. The topological polar surface area (TPSA) is 32.3 Å². The Kier molecular flexibility index (Phi) is 3.34. The predicted octanol–water partition coefficient (Wildman–Crippen LogP) is 2.96. The van der Waals surface area contributed by atoms with E-state index < -0.39 is 0 Å². The van der Waals surface area contributed by atoms with Crippen LogP contribution in [0.3, 0.4) is 0 Å². The third-order valence-corrected chi connectivity index (χ3v) is 4.65. The van der Waals surface area contributed by atoms with Crippen molar-refractivity contribution in [3.05, 3.63) is 27.7 Å². The number of hydrogen-bond acceptors (Lipinski definition) is 2. The molecule has 5 heteroatoms. The largest absolute Gasteiger partial charge is 0.311 e. The van der Waals surface area contributed by atoms with Crippen molar-refractivity contribution in [2.45, 2.75) is 31.3 Å². The Morgan fingerprint density at radius 3 is 2.78 bits per heavy atom. The first-order valence-electron chi connectivity index (χ1n) is 6.17. The highest BCUT2D eigenvalue weighted by Gasteiger charge is 2.36. The van der Waals surface area contributed by atoms with E-state index >= 15 is 0 Å². The first-order chi connectivity index (χ1) is 8.65. The number of nitrogens with zero attached hydrogens (tertiary/aromatic N) is 1.